The maximum atomic E-state index is 14.3. The molecule has 3 aromatic carbocycles. The number of fused-ring (bicyclic) bond motifs is 1. The summed E-state index contributed by atoms with van der Waals surface area (Å²) in [5, 5.41) is 11.6. The summed E-state index contributed by atoms with van der Waals surface area (Å²) in [4.78, 5) is 29.9. The molecule has 0 unspecified atom stereocenters. The first-order valence-corrected chi connectivity index (χ1v) is 13.3. The Hall–Kier alpha value is -4.60. The van der Waals surface area contributed by atoms with E-state index in [0.717, 1.165) is 31.2 Å². The predicted molar refractivity (Wildman–Crippen MR) is 151 cm³/mol. The third-order valence-corrected chi connectivity index (χ3v) is 7.26. The second kappa shape index (κ2) is 12.1. The Morgan fingerprint density at radius 3 is 2.35 bits per heavy atom. The lowest BCUT2D eigenvalue weighted by atomic mass is 10.0. The zero-order valence-corrected chi connectivity index (χ0v) is 22.9. The van der Waals surface area contributed by atoms with Gasteiger partial charge < -0.3 is 19.5 Å². The van der Waals surface area contributed by atoms with Crippen LogP contribution in [0.1, 0.15) is 37.3 Å². The van der Waals surface area contributed by atoms with E-state index in [2.05, 4.69) is 15.6 Å². The van der Waals surface area contributed by atoms with Crippen LogP contribution in [0.15, 0.2) is 66.7 Å². The van der Waals surface area contributed by atoms with Crippen LogP contribution in [0.25, 0.3) is 11.0 Å². The van der Waals surface area contributed by atoms with Crippen LogP contribution < -0.4 is 24.4 Å². The summed E-state index contributed by atoms with van der Waals surface area (Å²) >= 11 is 0. The Balaban J connectivity index is 1.63. The van der Waals surface area contributed by atoms with Gasteiger partial charge >= 0.3 is 0 Å². The maximum Gasteiger partial charge on any atom is 0.249 e. The van der Waals surface area contributed by atoms with Crippen LogP contribution in [0, 0.1) is 0 Å². The number of nitrogens with one attached hydrogen (secondary N) is 1. The number of para-hydroxylation sites is 1. The molecule has 1 heterocycles. The summed E-state index contributed by atoms with van der Waals surface area (Å²) in [6.07, 6.45) is 3.90. The number of hydrogen-bond acceptors (Lipinski definition) is 7. The van der Waals surface area contributed by atoms with Gasteiger partial charge in [0.15, 0.2) is 0 Å². The second-order valence-electron chi connectivity index (χ2n) is 9.70. The van der Waals surface area contributed by atoms with Gasteiger partial charge in [-0.2, -0.15) is 0 Å². The van der Waals surface area contributed by atoms with Gasteiger partial charge in [0.25, 0.3) is 0 Å². The molecule has 10 heteroatoms. The number of aromatic nitrogens is 3. The Labute approximate surface area is 232 Å². The van der Waals surface area contributed by atoms with Crippen LogP contribution in [-0.4, -0.2) is 54.2 Å². The second-order valence-corrected chi connectivity index (χ2v) is 9.70. The van der Waals surface area contributed by atoms with E-state index in [1.54, 1.807) is 68.5 Å². The summed E-state index contributed by atoms with van der Waals surface area (Å²) in [6, 6.07) is 18.7. The third kappa shape index (κ3) is 5.56. The maximum absolute atomic E-state index is 14.3. The van der Waals surface area contributed by atoms with Gasteiger partial charge in [-0.1, -0.05) is 30.2 Å². The van der Waals surface area contributed by atoms with Gasteiger partial charge in [-0.25, -0.2) is 4.68 Å². The molecular weight excluding hydrogens is 510 g/mol. The van der Waals surface area contributed by atoms with Crippen molar-refractivity contribution in [3.8, 4) is 17.2 Å². The molecule has 1 fully saturated rings. The highest BCUT2D eigenvalue weighted by molar-refractivity contribution is 6.02. The monoisotopic (exact) mass is 543 g/mol. The minimum absolute atomic E-state index is 0.0404. The van der Waals surface area contributed by atoms with E-state index >= 15 is 0 Å². The molecule has 0 aliphatic heterocycles. The molecule has 1 aliphatic rings. The SMILES string of the molecule is COc1ccc(N(C(=O)Cn2nnc3ccccc32)[C@@H](C(=O)NC2CCCC2)c2cc(OC)ccc2OC)cc1. The van der Waals surface area contributed by atoms with Crippen LogP contribution in [0.5, 0.6) is 17.2 Å². The topological polar surface area (TPSA) is 108 Å². The molecule has 0 bridgehead atoms. The Morgan fingerprint density at radius 1 is 0.950 bits per heavy atom. The van der Waals surface area contributed by atoms with Crippen molar-refractivity contribution < 1.29 is 23.8 Å². The lowest BCUT2D eigenvalue weighted by Gasteiger charge is -2.33. The molecule has 1 saturated carbocycles. The molecule has 5 rings (SSSR count). The van der Waals surface area contributed by atoms with Gasteiger partial charge in [-0.05, 0) is 67.4 Å². The van der Waals surface area contributed by atoms with E-state index in [1.807, 2.05) is 24.3 Å². The lowest BCUT2D eigenvalue weighted by molar-refractivity contribution is -0.127. The van der Waals surface area contributed by atoms with E-state index in [0.29, 0.717) is 34.0 Å². The fourth-order valence-corrected chi connectivity index (χ4v) is 5.22. The standard InChI is InChI=1S/C30H33N5O5/c1-38-22-14-12-21(13-15-22)35(28(36)19-34-26-11-7-6-10-25(26)32-33-34)29(30(37)31-20-8-4-5-9-20)24-18-23(39-2)16-17-27(24)40-3/h6-7,10-18,20,29H,4-5,8-9,19H2,1-3H3,(H,31,37)/t29-/m1/s1. The lowest BCUT2D eigenvalue weighted by Crippen LogP contribution is -2.47. The van der Waals surface area contributed by atoms with Crippen molar-refractivity contribution >= 4 is 28.5 Å². The van der Waals surface area contributed by atoms with Crippen molar-refractivity contribution in [2.24, 2.45) is 0 Å². The average molecular weight is 544 g/mol. The summed E-state index contributed by atoms with van der Waals surface area (Å²) in [5.74, 6) is 0.983. The first-order valence-electron chi connectivity index (χ1n) is 13.3. The van der Waals surface area contributed by atoms with E-state index in [9.17, 15) is 9.59 Å². The van der Waals surface area contributed by atoms with Gasteiger partial charge in [-0.3, -0.25) is 14.5 Å². The molecular formula is C30H33N5O5. The third-order valence-electron chi connectivity index (χ3n) is 7.26. The van der Waals surface area contributed by atoms with Crippen LogP contribution in [0.2, 0.25) is 0 Å². The van der Waals surface area contributed by atoms with E-state index < -0.39 is 6.04 Å². The van der Waals surface area contributed by atoms with E-state index in [-0.39, 0.29) is 24.4 Å². The summed E-state index contributed by atoms with van der Waals surface area (Å²) in [6.45, 7) is -0.133. The van der Waals surface area contributed by atoms with Gasteiger partial charge in [0.05, 0.1) is 26.8 Å². The van der Waals surface area contributed by atoms with E-state index in [1.165, 1.54) is 4.90 Å². The zero-order valence-electron chi connectivity index (χ0n) is 22.9. The van der Waals surface area contributed by atoms with Gasteiger partial charge in [0.1, 0.15) is 35.4 Å². The average Bonchev–Trinajstić information content (AvgIpc) is 3.65. The first-order chi connectivity index (χ1) is 19.5. The van der Waals surface area contributed by atoms with Crippen LogP contribution in [-0.2, 0) is 16.1 Å². The summed E-state index contributed by atoms with van der Waals surface area (Å²) in [7, 11) is 4.67. The van der Waals surface area contributed by atoms with Crippen molar-refractivity contribution in [2.75, 3.05) is 26.2 Å². The zero-order chi connectivity index (χ0) is 28.1. The van der Waals surface area contributed by atoms with Crippen molar-refractivity contribution in [1.29, 1.82) is 0 Å². The fourth-order valence-electron chi connectivity index (χ4n) is 5.22. The van der Waals surface area contributed by atoms with Crippen LogP contribution in [0.4, 0.5) is 5.69 Å². The number of anilines is 1. The predicted octanol–water partition coefficient (Wildman–Crippen LogP) is 4.29. The van der Waals surface area contributed by atoms with Gasteiger partial charge in [0.2, 0.25) is 11.8 Å². The van der Waals surface area contributed by atoms with Crippen molar-refractivity contribution in [1.82, 2.24) is 20.3 Å². The minimum Gasteiger partial charge on any atom is -0.497 e. The minimum atomic E-state index is -1.05. The number of hydrogen-bond donors (Lipinski definition) is 1. The van der Waals surface area contributed by atoms with Gasteiger partial charge in [0, 0.05) is 17.3 Å². The number of benzene rings is 3. The first kappa shape index (κ1) is 27.0. The number of carbonyl (C=O) groups excluding carboxylic acids is 2. The molecule has 2 amide bonds. The number of methoxy groups -OCH3 is 3. The highest BCUT2D eigenvalue weighted by atomic mass is 16.5. The Kier molecular flexibility index (Phi) is 8.14. The number of ether oxygens (including phenoxy) is 3. The normalized spacial score (nSPS) is 14.1. The molecule has 40 heavy (non-hydrogen) atoms. The number of amides is 2. The Bertz CT molecular complexity index is 1480. The van der Waals surface area contributed by atoms with E-state index in [4.69, 9.17) is 14.2 Å². The van der Waals surface area contributed by atoms with Crippen molar-refractivity contribution in [3.63, 3.8) is 0 Å². The molecule has 1 aromatic heterocycles. The molecule has 0 spiro atoms. The number of rotatable bonds is 10. The Morgan fingerprint density at radius 2 is 1.65 bits per heavy atom. The number of nitrogens with zero attached hydrogens (tertiary/aromatic N) is 4. The molecule has 4 aromatic rings. The van der Waals surface area contributed by atoms with Gasteiger partial charge in [-0.15, -0.1) is 5.10 Å². The number of carbonyl (C=O) groups is 2. The smallest absolute Gasteiger partial charge is 0.249 e. The molecule has 1 atom stereocenters. The summed E-state index contributed by atoms with van der Waals surface area (Å²) < 4.78 is 18.1. The molecule has 0 radical (unpaired) electrons. The fraction of sp³-hybridized carbons (Fsp3) is 0.333. The quantitative estimate of drug-likeness (QED) is 0.318. The van der Waals surface area contributed by atoms with Crippen molar-refractivity contribution in [2.45, 2.75) is 44.3 Å². The highest BCUT2D eigenvalue weighted by Crippen LogP contribution is 2.37. The molecule has 10 nitrogen and oxygen atoms in total. The molecule has 1 N–H and O–H groups in total. The molecule has 1 aliphatic carbocycles. The highest BCUT2D eigenvalue weighted by Gasteiger charge is 2.37. The van der Waals surface area contributed by atoms with Crippen LogP contribution >= 0.6 is 0 Å². The van der Waals surface area contributed by atoms with Crippen LogP contribution in [0.3, 0.4) is 0 Å². The molecule has 208 valence electrons. The summed E-state index contributed by atoms with van der Waals surface area (Å²) in [5.41, 5.74) is 2.42. The largest absolute Gasteiger partial charge is 0.497 e. The molecule has 0 saturated heterocycles. The van der Waals surface area contributed by atoms with Crippen molar-refractivity contribution in [3.05, 3.63) is 72.3 Å².